The highest BCUT2D eigenvalue weighted by molar-refractivity contribution is 6.17. The molecule has 0 radical (unpaired) electrons. The van der Waals surface area contributed by atoms with Crippen molar-refractivity contribution in [1.29, 1.82) is 0 Å². The molecule has 0 N–H and O–H groups in total. The largest absolute Gasteiger partial charge is 0.300 e. The SMILES string of the molecule is FCCCN1CCCC1CCCCl. The van der Waals surface area contributed by atoms with Crippen LogP contribution in [0.4, 0.5) is 4.39 Å². The Hall–Kier alpha value is 0.180. The first-order chi connectivity index (χ1) is 6.38. The Bertz CT molecular complexity index is 118. The van der Waals surface area contributed by atoms with Crippen LogP contribution in [0.15, 0.2) is 0 Å². The van der Waals surface area contributed by atoms with E-state index in [1.807, 2.05) is 0 Å². The van der Waals surface area contributed by atoms with Crippen LogP contribution in [0.2, 0.25) is 0 Å². The molecule has 1 fully saturated rings. The topological polar surface area (TPSA) is 3.24 Å². The van der Waals surface area contributed by atoms with Crippen LogP contribution in [-0.4, -0.2) is 36.6 Å². The van der Waals surface area contributed by atoms with E-state index in [4.69, 9.17) is 11.6 Å². The van der Waals surface area contributed by atoms with Gasteiger partial charge in [-0.05, 0) is 38.6 Å². The monoisotopic (exact) mass is 207 g/mol. The van der Waals surface area contributed by atoms with Gasteiger partial charge in [-0.2, -0.15) is 0 Å². The van der Waals surface area contributed by atoms with E-state index in [2.05, 4.69) is 4.90 Å². The molecule has 1 heterocycles. The lowest BCUT2D eigenvalue weighted by Gasteiger charge is -2.23. The number of likely N-dealkylation sites (tertiary alicyclic amines) is 1. The summed E-state index contributed by atoms with van der Waals surface area (Å²) in [4.78, 5) is 2.42. The summed E-state index contributed by atoms with van der Waals surface area (Å²) < 4.78 is 12.0. The Morgan fingerprint density at radius 1 is 1.38 bits per heavy atom. The van der Waals surface area contributed by atoms with Gasteiger partial charge in [0, 0.05) is 18.5 Å². The summed E-state index contributed by atoms with van der Waals surface area (Å²) in [5.74, 6) is 0.757. The fourth-order valence-electron chi connectivity index (χ4n) is 2.09. The fraction of sp³-hybridized carbons (Fsp3) is 1.00. The van der Waals surface area contributed by atoms with Gasteiger partial charge in [0.25, 0.3) is 0 Å². The summed E-state index contributed by atoms with van der Waals surface area (Å²) in [6, 6.07) is 0.685. The molecule has 1 aliphatic rings. The van der Waals surface area contributed by atoms with Gasteiger partial charge < -0.3 is 4.90 Å². The van der Waals surface area contributed by atoms with E-state index in [9.17, 15) is 4.39 Å². The molecule has 0 spiro atoms. The maximum absolute atomic E-state index is 12.0. The second-order valence-corrected chi connectivity index (χ2v) is 4.08. The summed E-state index contributed by atoms with van der Waals surface area (Å²) in [5, 5.41) is 0. The molecule has 1 aliphatic heterocycles. The maximum atomic E-state index is 12.0. The molecule has 0 aliphatic carbocycles. The summed E-state index contributed by atoms with van der Waals surface area (Å²) in [6.45, 7) is 1.91. The van der Waals surface area contributed by atoms with Gasteiger partial charge in [0.05, 0.1) is 6.67 Å². The van der Waals surface area contributed by atoms with Gasteiger partial charge in [0.2, 0.25) is 0 Å². The summed E-state index contributed by atoms with van der Waals surface area (Å²) in [7, 11) is 0. The van der Waals surface area contributed by atoms with Crippen molar-refractivity contribution in [2.45, 2.75) is 38.1 Å². The highest BCUT2D eigenvalue weighted by Crippen LogP contribution is 2.21. The third kappa shape index (κ3) is 3.82. The molecule has 0 aromatic rings. The Morgan fingerprint density at radius 2 is 2.23 bits per heavy atom. The van der Waals surface area contributed by atoms with Gasteiger partial charge in [-0.25, -0.2) is 0 Å². The van der Waals surface area contributed by atoms with Crippen molar-refractivity contribution in [2.24, 2.45) is 0 Å². The summed E-state index contributed by atoms with van der Waals surface area (Å²) >= 11 is 5.65. The smallest absolute Gasteiger partial charge is 0.0906 e. The molecule has 3 heteroatoms. The number of hydrogen-bond acceptors (Lipinski definition) is 1. The second-order valence-electron chi connectivity index (χ2n) is 3.71. The van der Waals surface area contributed by atoms with Crippen molar-refractivity contribution in [3.05, 3.63) is 0 Å². The van der Waals surface area contributed by atoms with Crippen LogP contribution >= 0.6 is 11.6 Å². The summed E-state index contributed by atoms with van der Waals surface area (Å²) in [6.07, 6.45) is 5.54. The van der Waals surface area contributed by atoms with Gasteiger partial charge in [-0.1, -0.05) is 0 Å². The predicted molar refractivity (Wildman–Crippen MR) is 55.1 cm³/mol. The highest BCUT2D eigenvalue weighted by Gasteiger charge is 2.22. The minimum Gasteiger partial charge on any atom is -0.300 e. The first-order valence-corrected chi connectivity index (χ1v) is 5.78. The van der Waals surface area contributed by atoms with E-state index in [-0.39, 0.29) is 6.67 Å². The average Bonchev–Trinajstić information content (AvgIpc) is 2.59. The van der Waals surface area contributed by atoms with Gasteiger partial charge in [-0.3, -0.25) is 4.39 Å². The number of nitrogens with zero attached hydrogens (tertiary/aromatic N) is 1. The van der Waals surface area contributed by atoms with Gasteiger partial charge >= 0.3 is 0 Å². The van der Waals surface area contributed by atoms with Crippen molar-refractivity contribution >= 4 is 11.6 Å². The number of halogens is 2. The van der Waals surface area contributed by atoms with Gasteiger partial charge in [0.15, 0.2) is 0 Å². The molecule has 1 unspecified atom stereocenters. The molecule has 78 valence electrons. The molecule has 1 atom stereocenters. The Kier molecular flexibility index (Phi) is 5.72. The normalized spacial score (nSPS) is 24.0. The van der Waals surface area contributed by atoms with Gasteiger partial charge in [0.1, 0.15) is 0 Å². The van der Waals surface area contributed by atoms with E-state index in [0.29, 0.717) is 12.5 Å². The van der Waals surface area contributed by atoms with E-state index >= 15 is 0 Å². The molecule has 1 nitrogen and oxygen atoms in total. The van der Waals surface area contributed by atoms with Crippen LogP contribution in [0.3, 0.4) is 0 Å². The third-order valence-corrected chi connectivity index (χ3v) is 3.02. The van der Waals surface area contributed by atoms with Crippen LogP contribution in [0.5, 0.6) is 0 Å². The number of rotatable bonds is 6. The van der Waals surface area contributed by atoms with Crippen molar-refractivity contribution in [3.63, 3.8) is 0 Å². The standard InChI is InChI=1S/C10H19ClFN/c11-6-1-4-10-5-2-8-13(10)9-3-7-12/h10H,1-9H2. The third-order valence-electron chi connectivity index (χ3n) is 2.75. The van der Waals surface area contributed by atoms with E-state index < -0.39 is 0 Å². The van der Waals surface area contributed by atoms with Crippen LogP contribution in [0.25, 0.3) is 0 Å². The molecule has 0 aromatic heterocycles. The second kappa shape index (κ2) is 6.61. The van der Waals surface area contributed by atoms with Crippen LogP contribution < -0.4 is 0 Å². The van der Waals surface area contributed by atoms with Gasteiger partial charge in [-0.15, -0.1) is 11.6 Å². The molecule has 0 saturated carbocycles. The lowest BCUT2D eigenvalue weighted by Crippen LogP contribution is -2.30. The molecule has 13 heavy (non-hydrogen) atoms. The van der Waals surface area contributed by atoms with Crippen LogP contribution in [0, 0.1) is 0 Å². The number of hydrogen-bond donors (Lipinski definition) is 0. The predicted octanol–water partition coefficient (Wildman–Crippen LogP) is 2.83. The van der Waals surface area contributed by atoms with Crippen molar-refractivity contribution in [2.75, 3.05) is 25.6 Å². The minimum absolute atomic E-state index is 0.182. The first kappa shape index (κ1) is 11.3. The van der Waals surface area contributed by atoms with E-state index in [0.717, 1.165) is 25.4 Å². The van der Waals surface area contributed by atoms with Crippen molar-refractivity contribution in [1.82, 2.24) is 4.90 Å². The molecular weight excluding hydrogens is 189 g/mol. The minimum atomic E-state index is -0.182. The van der Waals surface area contributed by atoms with Crippen LogP contribution in [-0.2, 0) is 0 Å². The lowest BCUT2D eigenvalue weighted by molar-refractivity contribution is 0.230. The zero-order chi connectivity index (χ0) is 9.52. The molecule has 0 bridgehead atoms. The van der Waals surface area contributed by atoms with Crippen molar-refractivity contribution in [3.8, 4) is 0 Å². The average molecular weight is 208 g/mol. The Labute approximate surface area is 85.2 Å². The lowest BCUT2D eigenvalue weighted by atomic mass is 10.1. The summed E-state index contributed by atoms with van der Waals surface area (Å²) in [5.41, 5.74) is 0. The molecule has 0 aromatic carbocycles. The Morgan fingerprint density at radius 3 is 2.92 bits per heavy atom. The zero-order valence-corrected chi connectivity index (χ0v) is 8.90. The Balaban J connectivity index is 2.18. The highest BCUT2D eigenvalue weighted by atomic mass is 35.5. The quantitative estimate of drug-likeness (QED) is 0.606. The molecule has 1 rings (SSSR count). The maximum Gasteiger partial charge on any atom is 0.0906 e. The number of alkyl halides is 2. The fourth-order valence-corrected chi connectivity index (χ4v) is 2.25. The van der Waals surface area contributed by atoms with E-state index in [1.165, 1.54) is 19.3 Å². The molecule has 1 saturated heterocycles. The molecule has 0 amide bonds. The molecular formula is C10H19ClFN. The van der Waals surface area contributed by atoms with E-state index in [1.54, 1.807) is 0 Å². The van der Waals surface area contributed by atoms with Crippen LogP contribution in [0.1, 0.15) is 32.1 Å². The zero-order valence-electron chi connectivity index (χ0n) is 8.14. The first-order valence-electron chi connectivity index (χ1n) is 5.24. The van der Waals surface area contributed by atoms with Crippen molar-refractivity contribution < 1.29 is 4.39 Å².